The molecule has 0 spiro atoms. The largest absolute Gasteiger partial charge is 0.357 e. The summed E-state index contributed by atoms with van der Waals surface area (Å²) in [5, 5.41) is 7.03. The lowest BCUT2D eigenvalue weighted by atomic mass is 10.1. The Morgan fingerprint density at radius 1 is 1.23 bits per heavy atom. The second-order valence-corrected chi connectivity index (χ2v) is 7.45. The molecule has 26 heavy (non-hydrogen) atoms. The molecule has 0 amide bonds. The number of guanidine groups is 1. The van der Waals surface area contributed by atoms with Crippen molar-refractivity contribution in [1.29, 1.82) is 0 Å². The molecule has 146 valence electrons. The van der Waals surface area contributed by atoms with E-state index in [2.05, 4.69) is 46.5 Å². The van der Waals surface area contributed by atoms with Crippen LogP contribution in [0.2, 0.25) is 0 Å². The number of pyridine rings is 1. The van der Waals surface area contributed by atoms with Crippen LogP contribution in [0.3, 0.4) is 0 Å². The summed E-state index contributed by atoms with van der Waals surface area (Å²) in [7, 11) is 0. The van der Waals surface area contributed by atoms with Crippen LogP contribution in [-0.4, -0.2) is 43.2 Å². The second kappa shape index (κ2) is 10.9. The van der Waals surface area contributed by atoms with Gasteiger partial charge in [-0.1, -0.05) is 18.9 Å². The molecule has 0 aromatic carbocycles. The molecule has 0 unspecified atom stereocenters. The number of hydrogen-bond donors (Lipinski definition) is 2. The molecule has 1 saturated heterocycles. The number of anilines is 1. The first-order valence-electron chi connectivity index (χ1n) is 9.97. The van der Waals surface area contributed by atoms with Gasteiger partial charge in [-0.05, 0) is 57.1 Å². The Bertz CT molecular complexity index is 548. The summed E-state index contributed by atoms with van der Waals surface area (Å²) >= 11 is 0. The van der Waals surface area contributed by atoms with Crippen molar-refractivity contribution in [1.82, 2.24) is 15.6 Å². The minimum Gasteiger partial charge on any atom is -0.357 e. The molecule has 1 aliphatic heterocycles. The number of rotatable bonds is 7. The van der Waals surface area contributed by atoms with Gasteiger partial charge in [0.2, 0.25) is 0 Å². The summed E-state index contributed by atoms with van der Waals surface area (Å²) in [4.78, 5) is 11.7. The molecule has 2 aliphatic rings. The van der Waals surface area contributed by atoms with E-state index >= 15 is 0 Å². The Balaban J connectivity index is 0.00000243. The zero-order valence-electron chi connectivity index (χ0n) is 16.2. The molecular weight excluding hydrogens is 437 g/mol. The zero-order valence-corrected chi connectivity index (χ0v) is 18.5. The van der Waals surface area contributed by atoms with E-state index in [-0.39, 0.29) is 24.0 Å². The maximum Gasteiger partial charge on any atom is 0.191 e. The molecule has 3 rings (SSSR count). The van der Waals surface area contributed by atoms with Crippen molar-refractivity contribution >= 4 is 35.8 Å². The average molecular weight is 471 g/mol. The van der Waals surface area contributed by atoms with Crippen LogP contribution in [-0.2, 0) is 0 Å². The SMILES string of the molecule is CCNC(=NCCCC1CC1)NC1CCN(c2ccc(C)cn2)CC1.I. The number of aryl methyl sites for hydroxylation is 1. The van der Waals surface area contributed by atoms with Gasteiger partial charge in [0.25, 0.3) is 0 Å². The molecule has 0 atom stereocenters. The highest BCUT2D eigenvalue weighted by Crippen LogP contribution is 2.33. The summed E-state index contributed by atoms with van der Waals surface area (Å²) in [6, 6.07) is 4.78. The molecule has 0 bridgehead atoms. The van der Waals surface area contributed by atoms with Crippen molar-refractivity contribution in [3.63, 3.8) is 0 Å². The van der Waals surface area contributed by atoms with Gasteiger partial charge in [-0.25, -0.2) is 4.98 Å². The highest BCUT2D eigenvalue weighted by molar-refractivity contribution is 14.0. The third-order valence-corrected chi connectivity index (χ3v) is 5.14. The Kier molecular flexibility index (Phi) is 8.95. The topological polar surface area (TPSA) is 52.6 Å². The van der Waals surface area contributed by atoms with Gasteiger partial charge in [0.05, 0.1) is 0 Å². The minimum atomic E-state index is 0. The Labute approximate surface area is 175 Å². The van der Waals surface area contributed by atoms with E-state index in [4.69, 9.17) is 4.99 Å². The third kappa shape index (κ3) is 6.93. The quantitative estimate of drug-likeness (QED) is 0.276. The van der Waals surface area contributed by atoms with Crippen LogP contribution >= 0.6 is 24.0 Å². The van der Waals surface area contributed by atoms with Gasteiger partial charge >= 0.3 is 0 Å². The lowest BCUT2D eigenvalue weighted by Gasteiger charge is -2.33. The predicted molar refractivity (Wildman–Crippen MR) is 121 cm³/mol. The Hall–Kier alpha value is -1.05. The van der Waals surface area contributed by atoms with Crippen molar-refractivity contribution in [2.75, 3.05) is 31.1 Å². The zero-order chi connectivity index (χ0) is 17.5. The van der Waals surface area contributed by atoms with Crippen LogP contribution in [0.15, 0.2) is 23.3 Å². The molecule has 5 nitrogen and oxygen atoms in total. The van der Waals surface area contributed by atoms with Crippen molar-refractivity contribution in [2.45, 2.75) is 58.4 Å². The fourth-order valence-electron chi connectivity index (χ4n) is 3.39. The van der Waals surface area contributed by atoms with E-state index < -0.39 is 0 Å². The van der Waals surface area contributed by atoms with Crippen molar-refractivity contribution < 1.29 is 0 Å². The summed E-state index contributed by atoms with van der Waals surface area (Å²) in [6.45, 7) is 8.18. The first-order valence-corrected chi connectivity index (χ1v) is 9.97. The standard InChI is InChI=1S/C20H33N5.HI/c1-3-21-20(22-12-4-5-17-7-8-17)24-18-10-13-25(14-11-18)19-9-6-16(2)15-23-19;/h6,9,15,17-18H,3-5,7-8,10-14H2,1-2H3,(H2,21,22,24);1H. The monoisotopic (exact) mass is 471 g/mol. The van der Waals surface area contributed by atoms with Crippen molar-refractivity contribution in [3.05, 3.63) is 23.9 Å². The number of hydrogen-bond acceptors (Lipinski definition) is 3. The second-order valence-electron chi connectivity index (χ2n) is 7.45. The van der Waals surface area contributed by atoms with E-state index in [1.807, 2.05) is 6.20 Å². The Morgan fingerprint density at radius 2 is 2.00 bits per heavy atom. The summed E-state index contributed by atoms with van der Waals surface area (Å²) in [5.74, 6) is 3.10. The lowest BCUT2D eigenvalue weighted by molar-refractivity contribution is 0.459. The molecule has 1 aromatic heterocycles. The maximum absolute atomic E-state index is 4.76. The lowest BCUT2D eigenvalue weighted by Crippen LogP contribution is -2.49. The van der Waals surface area contributed by atoms with Crippen LogP contribution in [0.1, 0.15) is 51.0 Å². The third-order valence-electron chi connectivity index (χ3n) is 5.14. The van der Waals surface area contributed by atoms with Crippen LogP contribution in [0.25, 0.3) is 0 Å². The molecule has 2 heterocycles. The molecule has 1 saturated carbocycles. The average Bonchev–Trinajstić information content (AvgIpc) is 3.45. The van der Waals surface area contributed by atoms with Crippen molar-refractivity contribution in [2.24, 2.45) is 10.9 Å². The molecular formula is C20H34IN5. The van der Waals surface area contributed by atoms with Crippen LogP contribution in [0, 0.1) is 12.8 Å². The number of piperidine rings is 1. The highest BCUT2D eigenvalue weighted by Gasteiger charge is 2.21. The number of nitrogens with one attached hydrogen (secondary N) is 2. The minimum absolute atomic E-state index is 0. The molecule has 0 radical (unpaired) electrons. The first-order chi connectivity index (χ1) is 12.2. The van der Waals surface area contributed by atoms with Gasteiger partial charge < -0.3 is 15.5 Å². The van der Waals surface area contributed by atoms with E-state index in [0.717, 1.165) is 56.7 Å². The van der Waals surface area contributed by atoms with Gasteiger partial charge in [-0.2, -0.15) is 0 Å². The molecule has 6 heteroatoms. The fraction of sp³-hybridized carbons (Fsp3) is 0.700. The predicted octanol–water partition coefficient (Wildman–Crippen LogP) is 3.72. The van der Waals surface area contributed by atoms with Crippen LogP contribution in [0.5, 0.6) is 0 Å². The molecule has 2 N–H and O–H groups in total. The summed E-state index contributed by atoms with van der Waals surface area (Å²) < 4.78 is 0. The number of aliphatic imine (C=N–C) groups is 1. The first kappa shape index (κ1) is 21.3. The number of nitrogens with zero attached hydrogens (tertiary/aromatic N) is 3. The van der Waals surface area contributed by atoms with Crippen LogP contribution in [0.4, 0.5) is 5.82 Å². The van der Waals surface area contributed by atoms with Gasteiger partial charge in [0.1, 0.15) is 5.82 Å². The van der Waals surface area contributed by atoms with E-state index in [1.165, 1.54) is 31.2 Å². The smallest absolute Gasteiger partial charge is 0.191 e. The van der Waals surface area contributed by atoms with E-state index in [9.17, 15) is 0 Å². The molecule has 1 aliphatic carbocycles. The maximum atomic E-state index is 4.76. The van der Waals surface area contributed by atoms with Gasteiger partial charge in [-0.3, -0.25) is 4.99 Å². The fourth-order valence-corrected chi connectivity index (χ4v) is 3.39. The van der Waals surface area contributed by atoms with Crippen molar-refractivity contribution in [3.8, 4) is 0 Å². The number of halogens is 1. The Morgan fingerprint density at radius 3 is 2.62 bits per heavy atom. The van der Waals surface area contributed by atoms with Gasteiger partial charge in [0, 0.05) is 38.4 Å². The number of aromatic nitrogens is 1. The van der Waals surface area contributed by atoms with E-state index in [0.29, 0.717) is 6.04 Å². The van der Waals surface area contributed by atoms with Gasteiger partial charge in [-0.15, -0.1) is 24.0 Å². The summed E-state index contributed by atoms with van der Waals surface area (Å²) in [5.41, 5.74) is 1.22. The van der Waals surface area contributed by atoms with Crippen LogP contribution < -0.4 is 15.5 Å². The summed E-state index contributed by atoms with van der Waals surface area (Å²) in [6.07, 6.45) is 9.66. The van der Waals surface area contributed by atoms with E-state index in [1.54, 1.807) is 0 Å². The normalized spacial score (nSPS) is 18.4. The van der Waals surface area contributed by atoms with Gasteiger partial charge in [0.15, 0.2) is 5.96 Å². The molecule has 1 aromatic rings. The molecule has 2 fully saturated rings. The highest BCUT2D eigenvalue weighted by atomic mass is 127.